The van der Waals surface area contributed by atoms with Crippen LogP contribution in [0.1, 0.15) is 39.5 Å². The first-order valence-electron chi connectivity index (χ1n) is 12.7. The molecular weight excluding hydrogens is 454 g/mol. The molecule has 3 aliphatic rings. The summed E-state index contributed by atoms with van der Waals surface area (Å²) in [5, 5.41) is 0.662. The van der Waals surface area contributed by atoms with Crippen LogP contribution in [0.25, 0.3) is 0 Å². The van der Waals surface area contributed by atoms with Gasteiger partial charge in [-0.05, 0) is 64.0 Å². The zero-order valence-corrected chi connectivity index (χ0v) is 21.2. The molecule has 1 aromatic carbocycles. The number of likely N-dealkylation sites (tertiary alicyclic amines) is 2. The molecule has 0 bridgehead atoms. The summed E-state index contributed by atoms with van der Waals surface area (Å²) in [6.45, 7) is 10.0. The van der Waals surface area contributed by atoms with Gasteiger partial charge in [-0.3, -0.25) is 9.59 Å². The average Bonchev–Trinajstić information content (AvgIpc) is 2.86. The van der Waals surface area contributed by atoms with Gasteiger partial charge in [0.2, 0.25) is 11.8 Å². The van der Waals surface area contributed by atoms with Gasteiger partial charge in [0, 0.05) is 61.9 Å². The highest BCUT2D eigenvalue weighted by molar-refractivity contribution is 6.30. The highest BCUT2D eigenvalue weighted by Crippen LogP contribution is 2.30. The number of piperidine rings is 2. The lowest BCUT2D eigenvalue weighted by atomic mass is 9.88. The van der Waals surface area contributed by atoms with Crippen LogP contribution in [0.15, 0.2) is 24.3 Å². The summed E-state index contributed by atoms with van der Waals surface area (Å²) in [6, 6.07) is 7.87. The van der Waals surface area contributed by atoms with Crippen molar-refractivity contribution in [3.8, 4) is 5.75 Å². The first-order valence-corrected chi connectivity index (χ1v) is 13.1. The van der Waals surface area contributed by atoms with Crippen molar-refractivity contribution in [3.63, 3.8) is 0 Å². The average molecular weight is 492 g/mol. The van der Waals surface area contributed by atoms with Gasteiger partial charge in [0.15, 0.2) is 0 Å². The van der Waals surface area contributed by atoms with Crippen molar-refractivity contribution in [2.24, 2.45) is 11.8 Å². The molecule has 188 valence electrons. The SMILES string of the molecule is CC(C)N1CCC(C(=O)N2CC[C@H](Oc3ccc(Cl)cc3)[C@@H](CC(=O)N3CCOCC3)C2)CC1. The quantitative estimate of drug-likeness (QED) is 0.611. The fourth-order valence-electron chi connectivity index (χ4n) is 5.34. The van der Waals surface area contributed by atoms with Gasteiger partial charge in [-0.25, -0.2) is 0 Å². The third-order valence-electron chi connectivity index (χ3n) is 7.49. The lowest BCUT2D eigenvalue weighted by molar-refractivity contribution is -0.144. The number of carbonyl (C=O) groups is 2. The van der Waals surface area contributed by atoms with Crippen LogP contribution in [0, 0.1) is 11.8 Å². The van der Waals surface area contributed by atoms with E-state index in [2.05, 4.69) is 18.7 Å². The van der Waals surface area contributed by atoms with Crippen LogP contribution in [0.5, 0.6) is 5.75 Å². The Morgan fingerprint density at radius 2 is 1.68 bits per heavy atom. The van der Waals surface area contributed by atoms with E-state index < -0.39 is 0 Å². The molecule has 7 nitrogen and oxygen atoms in total. The van der Waals surface area contributed by atoms with Crippen LogP contribution in [0.3, 0.4) is 0 Å². The summed E-state index contributed by atoms with van der Waals surface area (Å²) in [4.78, 5) is 32.8. The second kappa shape index (κ2) is 11.7. The number of nitrogens with zero attached hydrogens (tertiary/aromatic N) is 3. The Balaban J connectivity index is 1.41. The van der Waals surface area contributed by atoms with Gasteiger partial charge < -0.3 is 24.2 Å². The number of ether oxygens (including phenoxy) is 2. The molecule has 8 heteroatoms. The number of carbonyl (C=O) groups excluding carboxylic acids is 2. The van der Waals surface area contributed by atoms with Crippen molar-refractivity contribution in [1.29, 1.82) is 0 Å². The molecular formula is C26H38ClN3O4. The van der Waals surface area contributed by atoms with Crippen molar-refractivity contribution in [3.05, 3.63) is 29.3 Å². The second-order valence-electron chi connectivity index (χ2n) is 10.0. The third-order valence-corrected chi connectivity index (χ3v) is 7.74. The maximum absolute atomic E-state index is 13.4. The number of halogens is 1. The van der Waals surface area contributed by atoms with Crippen molar-refractivity contribution in [2.45, 2.75) is 51.7 Å². The predicted molar refractivity (Wildman–Crippen MR) is 132 cm³/mol. The molecule has 2 amide bonds. The van der Waals surface area contributed by atoms with Crippen molar-refractivity contribution in [2.75, 3.05) is 52.5 Å². The normalized spacial score (nSPS) is 24.9. The first kappa shape index (κ1) is 25.3. The van der Waals surface area contributed by atoms with Gasteiger partial charge >= 0.3 is 0 Å². The molecule has 0 saturated carbocycles. The summed E-state index contributed by atoms with van der Waals surface area (Å²) in [7, 11) is 0. The van der Waals surface area contributed by atoms with E-state index in [1.54, 1.807) is 0 Å². The molecule has 0 spiro atoms. The molecule has 0 unspecified atom stereocenters. The molecule has 2 atom stereocenters. The molecule has 34 heavy (non-hydrogen) atoms. The number of morpholine rings is 1. The molecule has 3 saturated heterocycles. The van der Waals surface area contributed by atoms with E-state index in [1.165, 1.54) is 0 Å². The van der Waals surface area contributed by atoms with Crippen LogP contribution in [-0.4, -0.2) is 91.1 Å². The molecule has 0 N–H and O–H groups in total. The lowest BCUT2D eigenvalue weighted by Gasteiger charge is -2.42. The Hall–Kier alpha value is -1.83. The van der Waals surface area contributed by atoms with Gasteiger partial charge in [-0.1, -0.05) is 11.6 Å². The van der Waals surface area contributed by atoms with E-state index >= 15 is 0 Å². The van der Waals surface area contributed by atoms with E-state index in [0.29, 0.717) is 56.9 Å². The number of hydrogen-bond acceptors (Lipinski definition) is 5. The molecule has 4 rings (SSSR count). The second-order valence-corrected chi connectivity index (χ2v) is 10.5. The highest BCUT2D eigenvalue weighted by Gasteiger charge is 2.38. The minimum Gasteiger partial charge on any atom is -0.490 e. The molecule has 3 fully saturated rings. The largest absolute Gasteiger partial charge is 0.490 e. The van der Waals surface area contributed by atoms with E-state index in [9.17, 15) is 9.59 Å². The third kappa shape index (κ3) is 6.43. The van der Waals surface area contributed by atoms with Gasteiger partial charge in [0.25, 0.3) is 0 Å². The Morgan fingerprint density at radius 3 is 2.32 bits per heavy atom. The highest BCUT2D eigenvalue weighted by atomic mass is 35.5. The number of benzene rings is 1. The summed E-state index contributed by atoms with van der Waals surface area (Å²) in [6.07, 6.45) is 2.82. The fraction of sp³-hybridized carbons (Fsp3) is 0.692. The lowest BCUT2D eigenvalue weighted by Crippen LogP contribution is -2.52. The first-order chi connectivity index (χ1) is 16.4. The summed E-state index contributed by atoms with van der Waals surface area (Å²) >= 11 is 6.03. The summed E-state index contributed by atoms with van der Waals surface area (Å²) in [5.41, 5.74) is 0. The van der Waals surface area contributed by atoms with Gasteiger partial charge in [-0.2, -0.15) is 0 Å². The van der Waals surface area contributed by atoms with E-state index in [4.69, 9.17) is 21.1 Å². The molecule has 3 heterocycles. The zero-order valence-electron chi connectivity index (χ0n) is 20.5. The monoisotopic (exact) mass is 491 g/mol. The standard InChI is InChI=1S/C26H38ClN3O4/c1-19(2)28-10-7-20(8-11-28)26(32)30-12-9-24(34-23-5-3-22(27)4-6-23)21(18-30)17-25(31)29-13-15-33-16-14-29/h3-6,19-21,24H,7-18H2,1-2H3/t21-,24-/m0/s1. The maximum Gasteiger partial charge on any atom is 0.225 e. The molecule has 0 radical (unpaired) electrons. The van der Waals surface area contributed by atoms with Crippen LogP contribution in [0.4, 0.5) is 0 Å². The fourth-order valence-corrected chi connectivity index (χ4v) is 5.46. The Morgan fingerprint density at radius 1 is 1.00 bits per heavy atom. The van der Waals surface area contributed by atoms with Crippen molar-refractivity contribution >= 4 is 23.4 Å². The van der Waals surface area contributed by atoms with Gasteiger partial charge in [0.1, 0.15) is 11.9 Å². The Bertz CT molecular complexity index is 820. The summed E-state index contributed by atoms with van der Waals surface area (Å²) < 4.78 is 11.7. The molecule has 1 aromatic rings. The smallest absolute Gasteiger partial charge is 0.225 e. The topological polar surface area (TPSA) is 62.3 Å². The number of hydrogen-bond donors (Lipinski definition) is 0. The minimum atomic E-state index is -0.113. The van der Waals surface area contributed by atoms with Crippen LogP contribution >= 0.6 is 11.6 Å². The van der Waals surface area contributed by atoms with Crippen LogP contribution in [-0.2, 0) is 14.3 Å². The minimum absolute atomic E-state index is 0.0422. The maximum atomic E-state index is 13.4. The van der Waals surface area contributed by atoms with E-state index in [0.717, 1.165) is 38.1 Å². The molecule has 0 aromatic heterocycles. The van der Waals surface area contributed by atoms with Crippen molar-refractivity contribution in [1.82, 2.24) is 14.7 Å². The molecule has 3 aliphatic heterocycles. The van der Waals surface area contributed by atoms with Crippen LogP contribution < -0.4 is 4.74 Å². The van der Waals surface area contributed by atoms with Crippen molar-refractivity contribution < 1.29 is 19.1 Å². The predicted octanol–water partition coefficient (Wildman–Crippen LogP) is 3.31. The van der Waals surface area contributed by atoms with Crippen LogP contribution in [0.2, 0.25) is 5.02 Å². The number of rotatable bonds is 6. The zero-order chi connectivity index (χ0) is 24.1. The van der Waals surface area contributed by atoms with E-state index in [-0.39, 0.29) is 29.8 Å². The Labute approximate surface area is 208 Å². The van der Waals surface area contributed by atoms with Gasteiger partial charge in [0.05, 0.1) is 13.2 Å². The number of amides is 2. The van der Waals surface area contributed by atoms with Gasteiger partial charge in [-0.15, -0.1) is 0 Å². The van der Waals surface area contributed by atoms with E-state index in [1.807, 2.05) is 34.1 Å². The summed E-state index contributed by atoms with van der Waals surface area (Å²) in [5.74, 6) is 1.16. The Kier molecular flexibility index (Phi) is 8.72. The molecule has 0 aliphatic carbocycles.